The Balaban J connectivity index is 1.56. The molecular weight excluding hydrogens is 366 g/mol. The van der Waals surface area contributed by atoms with E-state index >= 15 is 0 Å². The fraction of sp³-hybridized carbons (Fsp3) is 0.263. The highest BCUT2D eigenvalue weighted by Gasteiger charge is 2.18. The zero-order chi connectivity index (χ0) is 19.1. The first-order valence-electron chi connectivity index (χ1n) is 8.52. The van der Waals surface area contributed by atoms with Crippen molar-refractivity contribution < 1.29 is 19.2 Å². The van der Waals surface area contributed by atoms with Crippen LogP contribution < -0.4 is 0 Å². The molecule has 0 saturated heterocycles. The number of hydrogen-bond acceptors (Lipinski definition) is 6. The molecule has 3 aromatic rings. The Kier molecular flexibility index (Phi) is 6.32. The topological polar surface area (TPSA) is 96.5 Å². The molecule has 0 aliphatic rings. The largest absolute Gasteiger partial charge is 0.480 e. The van der Waals surface area contributed by atoms with Crippen LogP contribution in [0.4, 0.5) is 0 Å². The predicted molar refractivity (Wildman–Crippen MR) is 100 cm³/mol. The number of carbonyl (C=O) groups is 2. The Morgan fingerprint density at radius 1 is 1.11 bits per heavy atom. The summed E-state index contributed by atoms with van der Waals surface area (Å²) in [4.78, 5) is 30.1. The molecule has 0 unspecified atom stereocenters. The zero-order valence-electron chi connectivity index (χ0n) is 14.6. The standard InChI is InChI=1S/C19H19N3O4S/c23-17(9-8-16-20-19(21-26-16)15-7-4-12-27-15)22(13-18(24)25)11-10-14-5-2-1-3-6-14/h1-7,12H,8-11,13H2,(H,24,25). The number of aliphatic carboxylic acids is 1. The molecule has 0 spiro atoms. The molecule has 1 amide bonds. The van der Waals surface area contributed by atoms with E-state index in [1.165, 1.54) is 16.2 Å². The van der Waals surface area contributed by atoms with Crippen LogP contribution in [0.3, 0.4) is 0 Å². The third-order valence-corrected chi connectivity index (χ3v) is 4.82. The molecule has 27 heavy (non-hydrogen) atoms. The smallest absolute Gasteiger partial charge is 0.323 e. The summed E-state index contributed by atoms with van der Waals surface area (Å²) in [6.07, 6.45) is 0.996. The van der Waals surface area contributed by atoms with Crippen LogP contribution >= 0.6 is 11.3 Å². The average Bonchev–Trinajstić information content (AvgIpc) is 3.35. The van der Waals surface area contributed by atoms with E-state index in [1.54, 1.807) is 0 Å². The molecule has 0 saturated carbocycles. The van der Waals surface area contributed by atoms with E-state index in [0.29, 0.717) is 24.7 Å². The van der Waals surface area contributed by atoms with Crippen molar-refractivity contribution >= 4 is 23.2 Å². The lowest BCUT2D eigenvalue weighted by atomic mass is 10.1. The van der Waals surface area contributed by atoms with Gasteiger partial charge in [0, 0.05) is 19.4 Å². The Bertz CT molecular complexity index is 878. The number of rotatable bonds is 9. The molecule has 0 aliphatic heterocycles. The van der Waals surface area contributed by atoms with Gasteiger partial charge in [-0.15, -0.1) is 11.3 Å². The molecule has 0 fully saturated rings. The summed E-state index contributed by atoms with van der Waals surface area (Å²) in [7, 11) is 0. The van der Waals surface area contributed by atoms with Crippen molar-refractivity contribution in [2.75, 3.05) is 13.1 Å². The number of nitrogens with zero attached hydrogens (tertiary/aromatic N) is 3. The lowest BCUT2D eigenvalue weighted by Crippen LogP contribution is -2.37. The molecular formula is C19H19N3O4S. The molecule has 1 N–H and O–H groups in total. The first-order chi connectivity index (χ1) is 13.1. The van der Waals surface area contributed by atoms with Gasteiger partial charge in [-0.25, -0.2) is 0 Å². The molecule has 0 aliphatic carbocycles. The lowest BCUT2D eigenvalue weighted by Gasteiger charge is -2.20. The van der Waals surface area contributed by atoms with E-state index in [2.05, 4.69) is 10.1 Å². The summed E-state index contributed by atoms with van der Waals surface area (Å²) in [5, 5.41) is 14.9. The van der Waals surface area contributed by atoms with Gasteiger partial charge in [0.1, 0.15) is 6.54 Å². The van der Waals surface area contributed by atoms with Gasteiger partial charge >= 0.3 is 5.97 Å². The Morgan fingerprint density at radius 2 is 1.93 bits per heavy atom. The third-order valence-electron chi connectivity index (χ3n) is 3.95. The lowest BCUT2D eigenvalue weighted by molar-refractivity contribution is -0.144. The molecule has 8 heteroatoms. The number of carbonyl (C=O) groups excluding carboxylic acids is 1. The summed E-state index contributed by atoms with van der Waals surface area (Å²) < 4.78 is 5.19. The number of thiophene rings is 1. The maximum absolute atomic E-state index is 12.5. The number of aromatic nitrogens is 2. The van der Waals surface area contributed by atoms with E-state index in [9.17, 15) is 9.59 Å². The number of carboxylic acids is 1. The summed E-state index contributed by atoms with van der Waals surface area (Å²) in [5.41, 5.74) is 1.05. The maximum Gasteiger partial charge on any atom is 0.323 e. The summed E-state index contributed by atoms with van der Waals surface area (Å²) >= 11 is 1.50. The van der Waals surface area contributed by atoms with E-state index in [1.807, 2.05) is 47.8 Å². The maximum atomic E-state index is 12.5. The number of amides is 1. The van der Waals surface area contributed by atoms with Gasteiger partial charge in [-0.3, -0.25) is 9.59 Å². The van der Waals surface area contributed by atoms with Crippen LogP contribution in [0.1, 0.15) is 17.9 Å². The number of hydrogen-bond donors (Lipinski definition) is 1. The van der Waals surface area contributed by atoms with Crippen molar-refractivity contribution in [2.45, 2.75) is 19.3 Å². The Morgan fingerprint density at radius 3 is 2.63 bits per heavy atom. The molecule has 2 heterocycles. The van der Waals surface area contributed by atoms with Crippen LogP contribution in [0.25, 0.3) is 10.7 Å². The molecule has 3 rings (SSSR count). The second-order valence-electron chi connectivity index (χ2n) is 5.93. The second kappa shape index (κ2) is 9.09. The van der Waals surface area contributed by atoms with Crippen molar-refractivity contribution in [3.63, 3.8) is 0 Å². The van der Waals surface area contributed by atoms with E-state index in [0.717, 1.165) is 10.4 Å². The van der Waals surface area contributed by atoms with Gasteiger partial charge in [-0.05, 0) is 23.4 Å². The minimum Gasteiger partial charge on any atom is -0.480 e. The normalized spacial score (nSPS) is 10.7. The van der Waals surface area contributed by atoms with Crippen LogP contribution in [0.2, 0.25) is 0 Å². The van der Waals surface area contributed by atoms with Crippen LogP contribution in [0.15, 0.2) is 52.4 Å². The van der Waals surface area contributed by atoms with Gasteiger partial charge in [0.05, 0.1) is 4.88 Å². The minimum atomic E-state index is -1.03. The van der Waals surface area contributed by atoms with Crippen LogP contribution in [-0.2, 0) is 22.4 Å². The third kappa shape index (κ3) is 5.49. The molecule has 0 atom stereocenters. The highest BCUT2D eigenvalue weighted by Crippen LogP contribution is 2.21. The van der Waals surface area contributed by atoms with Crippen molar-refractivity contribution in [2.24, 2.45) is 0 Å². The number of carboxylic acid groups (broad SMARTS) is 1. The monoisotopic (exact) mass is 385 g/mol. The van der Waals surface area contributed by atoms with Crippen molar-refractivity contribution in [3.05, 3.63) is 59.3 Å². The molecule has 0 bridgehead atoms. The predicted octanol–water partition coefficient (Wildman–Crippen LogP) is 2.89. The summed E-state index contributed by atoms with van der Waals surface area (Å²) in [6, 6.07) is 13.4. The van der Waals surface area contributed by atoms with E-state index in [-0.39, 0.29) is 25.3 Å². The van der Waals surface area contributed by atoms with Crippen molar-refractivity contribution in [3.8, 4) is 10.7 Å². The van der Waals surface area contributed by atoms with Crippen molar-refractivity contribution in [1.29, 1.82) is 0 Å². The highest BCUT2D eigenvalue weighted by molar-refractivity contribution is 7.13. The first-order valence-corrected chi connectivity index (χ1v) is 9.40. The second-order valence-corrected chi connectivity index (χ2v) is 6.88. The number of benzene rings is 1. The fourth-order valence-electron chi connectivity index (χ4n) is 2.60. The Labute approximate surface area is 160 Å². The molecule has 1 aromatic carbocycles. The minimum absolute atomic E-state index is 0.119. The Hall–Kier alpha value is -3.00. The van der Waals surface area contributed by atoms with E-state index in [4.69, 9.17) is 9.63 Å². The van der Waals surface area contributed by atoms with Gasteiger partial charge < -0.3 is 14.5 Å². The van der Waals surface area contributed by atoms with E-state index < -0.39 is 5.97 Å². The zero-order valence-corrected chi connectivity index (χ0v) is 15.4. The highest BCUT2D eigenvalue weighted by atomic mass is 32.1. The van der Waals surface area contributed by atoms with Crippen LogP contribution in [0, 0.1) is 0 Å². The van der Waals surface area contributed by atoms with Gasteiger partial charge in [0.15, 0.2) is 0 Å². The molecule has 2 aromatic heterocycles. The molecule has 140 valence electrons. The summed E-state index contributed by atoms with van der Waals surface area (Å²) in [6.45, 7) is 0.0232. The van der Waals surface area contributed by atoms with Gasteiger partial charge in [0.25, 0.3) is 0 Å². The van der Waals surface area contributed by atoms with Crippen molar-refractivity contribution in [1.82, 2.24) is 15.0 Å². The fourth-order valence-corrected chi connectivity index (χ4v) is 3.25. The average molecular weight is 385 g/mol. The molecule has 7 nitrogen and oxygen atoms in total. The van der Waals surface area contributed by atoms with Gasteiger partial charge in [0.2, 0.25) is 17.6 Å². The van der Waals surface area contributed by atoms with Gasteiger partial charge in [-0.2, -0.15) is 4.98 Å². The summed E-state index contributed by atoms with van der Waals surface area (Å²) in [5.74, 6) is -0.414. The molecule has 0 radical (unpaired) electrons. The number of aryl methyl sites for hydroxylation is 1. The SMILES string of the molecule is O=C(O)CN(CCc1ccccc1)C(=O)CCc1nc(-c2cccs2)no1. The van der Waals surface area contributed by atoms with Gasteiger partial charge in [-0.1, -0.05) is 41.6 Å². The van der Waals surface area contributed by atoms with Crippen LogP contribution in [-0.4, -0.2) is 45.1 Å². The quantitative estimate of drug-likeness (QED) is 0.608. The van der Waals surface area contributed by atoms with Crippen LogP contribution in [0.5, 0.6) is 0 Å². The first kappa shape index (κ1) is 18.8.